The topological polar surface area (TPSA) is 57.8 Å². The highest BCUT2D eigenvalue weighted by atomic mass is 35.5. The van der Waals surface area contributed by atoms with Crippen LogP contribution in [-0.2, 0) is 11.2 Å². The highest BCUT2D eigenvalue weighted by Crippen LogP contribution is 2.10. The summed E-state index contributed by atoms with van der Waals surface area (Å²) in [5.41, 5.74) is 1.59. The van der Waals surface area contributed by atoms with Gasteiger partial charge in [0.1, 0.15) is 0 Å². The van der Waals surface area contributed by atoms with Gasteiger partial charge in [-0.3, -0.25) is 9.89 Å². The number of nitrogens with one attached hydrogen (secondary N) is 2. The lowest BCUT2D eigenvalue weighted by atomic mass is 10.1. The summed E-state index contributed by atoms with van der Waals surface area (Å²) >= 11 is 5.75. The zero-order chi connectivity index (χ0) is 11.4. The number of carbonyl (C=O) groups excluding carboxylic acids is 1. The van der Waals surface area contributed by atoms with Gasteiger partial charge in [0.2, 0.25) is 5.91 Å². The molecule has 5 heteroatoms. The highest BCUT2D eigenvalue weighted by molar-refractivity contribution is 6.30. The number of H-pyrrole nitrogens is 1. The van der Waals surface area contributed by atoms with Gasteiger partial charge in [0.15, 0.2) is 0 Å². The number of anilines is 1. The second kappa shape index (κ2) is 4.81. The van der Waals surface area contributed by atoms with Gasteiger partial charge in [0.05, 0.1) is 18.3 Å². The molecule has 1 heterocycles. The van der Waals surface area contributed by atoms with Crippen molar-refractivity contribution in [3.05, 3.63) is 47.2 Å². The summed E-state index contributed by atoms with van der Waals surface area (Å²) in [6.45, 7) is 0. The number of nitrogens with zero attached hydrogens (tertiary/aromatic N) is 1. The van der Waals surface area contributed by atoms with Crippen LogP contribution in [0.5, 0.6) is 0 Å². The molecule has 4 nitrogen and oxygen atoms in total. The van der Waals surface area contributed by atoms with Gasteiger partial charge >= 0.3 is 0 Å². The number of amides is 1. The lowest BCUT2D eigenvalue weighted by molar-refractivity contribution is -0.115. The Morgan fingerprint density at radius 3 is 2.75 bits per heavy atom. The standard InChI is InChI=1S/C11H10ClN3O/c12-9-3-1-8(2-4-9)5-11(16)15-10-6-13-14-7-10/h1-4,6-7H,5H2,(H,13,14)(H,15,16). The van der Waals surface area contributed by atoms with Crippen LogP contribution in [0.3, 0.4) is 0 Å². The van der Waals surface area contributed by atoms with Crippen molar-refractivity contribution in [1.82, 2.24) is 10.2 Å². The number of hydrogen-bond acceptors (Lipinski definition) is 2. The van der Waals surface area contributed by atoms with Crippen LogP contribution >= 0.6 is 11.6 Å². The molecule has 0 fully saturated rings. The van der Waals surface area contributed by atoms with Crippen LogP contribution in [-0.4, -0.2) is 16.1 Å². The summed E-state index contributed by atoms with van der Waals surface area (Å²) in [4.78, 5) is 11.6. The van der Waals surface area contributed by atoms with Crippen LogP contribution in [0.1, 0.15) is 5.56 Å². The number of carbonyl (C=O) groups is 1. The molecule has 0 aliphatic carbocycles. The molecule has 0 saturated carbocycles. The zero-order valence-corrected chi connectivity index (χ0v) is 9.16. The van der Waals surface area contributed by atoms with E-state index in [0.29, 0.717) is 17.1 Å². The predicted octanol–water partition coefficient (Wildman–Crippen LogP) is 2.24. The van der Waals surface area contributed by atoms with Crippen LogP contribution in [0.25, 0.3) is 0 Å². The number of aromatic nitrogens is 2. The minimum Gasteiger partial charge on any atom is -0.323 e. The number of halogens is 1. The van der Waals surface area contributed by atoms with E-state index in [1.807, 2.05) is 12.1 Å². The molecule has 0 radical (unpaired) electrons. The molecule has 2 rings (SSSR count). The molecule has 2 N–H and O–H groups in total. The first-order chi connectivity index (χ1) is 7.74. The van der Waals surface area contributed by atoms with Crippen molar-refractivity contribution in [3.63, 3.8) is 0 Å². The maximum Gasteiger partial charge on any atom is 0.228 e. The molecule has 0 spiro atoms. The Labute approximate surface area is 97.6 Å². The van der Waals surface area contributed by atoms with Crippen LogP contribution < -0.4 is 5.32 Å². The molecular weight excluding hydrogens is 226 g/mol. The molecule has 0 atom stereocenters. The first kappa shape index (κ1) is 10.7. The lowest BCUT2D eigenvalue weighted by Crippen LogP contribution is -2.13. The first-order valence-electron chi connectivity index (χ1n) is 4.77. The lowest BCUT2D eigenvalue weighted by Gasteiger charge is -2.02. The Kier molecular flexibility index (Phi) is 3.22. The van der Waals surface area contributed by atoms with E-state index in [1.165, 1.54) is 0 Å². The van der Waals surface area contributed by atoms with E-state index >= 15 is 0 Å². The maximum atomic E-state index is 11.6. The molecule has 16 heavy (non-hydrogen) atoms. The van der Waals surface area contributed by atoms with Gasteiger partial charge in [-0.25, -0.2) is 0 Å². The van der Waals surface area contributed by atoms with Crippen molar-refractivity contribution in [3.8, 4) is 0 Å². The van der Waals surface area contributed by atoms with Gasteiger partial charge in [-0.1, -0.05) is 23.7 Å². The molecular formula is C11H10ClN3O. The second-order valence-corrected chi connectivity index (χ2v) is 3.77. The number of rotatable bonds is 3. The number of aromatic amines is 1. The summed E-state index contributed by atoms with van der Waals surface area (Å²) in [6, 6.07) is 7.19. The fraction of sp³-hybridized carbons (Fsp3) is 0.0909. The molecule has 0 unspecified atom stereocenters. The van der Waals surface area contributed by atoms with Crippen molar-refractivity contribution < 1.29 is 4.79 Å². The molecule has 1 aromatic carbocycles. The summed E-state index contributed by atoms with van der Waals surface area (Å²) < 4.78 is 0. The summed E-state index contributed by atoms with van der Waals surface area (Å²) in [5.74, 6) is -0.0799. The third-order valence-electron chi connectivity index (χ3n) is 2.06. The molecule has 2 aromatic rings. The monoisotopic (exact) mass is 235 g/mol. The zero-order valence-electron chi connectivity index (χ0n) is 8.40. The molecule has 0 aliphatic rings. The van der Waals surface area contributed by atoms with Gasteiger partial charge in [0.25, 0.3) is 0 Å². The largest absolute Gasteiger partial charge is 0.323 e. The molecule has 0 aliphatic heterocycles. The Bertz CT molecular complexity index is 464. The average molecular weight is 236 g/mol. The Morgan fingerprint density at radius 1 is 1.38 bits per heavy atom. The van der Waals surface area contributed by atoms with E-state index in [0.717, 1.165) is 5.56 Å². The Balaban J connectivity index is 1.95. The Morgan fingerprint density at radius 2 is 2.12 bits per heavy atom. The van der Waals surface area contributed by atoms with Crippen LogP contribution in [0.15, 0.2) is 36.7 Å². The highest BCUT2D eigenvalue weighted by Gasteiger charge is 2.04. The van der Waals surface area contributed by atoms with Crippen LogP contribution in [0, 0.1) is 0 Å². The Hall–Kier alpha value is -1.81. The smallest absolute Gasteiger partial charge is 0.228 e. The van der Waals surface area contributed by atoms with Gasteiger partial charge in [0, 0.05) is 11.2 Å². The fourth-order valence-corrected chi connectivity index (χ4v) is 1.44. The van der Waals surface area contributed by atoms with Gasteiger partial charge in [-0.15, -0.1) is 0 Å². The fourth-order valence-electron chi connectivity index (χ4n) is 1.31. The van der Waals surface area contributed by atoms with Crippen LogP contribution in [0.4, 0.5) is 5.69 Å². The van der Waals surface area contributed by atoms with Gasteiger partial charge in [-0.2, -0.15) is 5.10 Å². The maximum absolute atomic E-state index is 11.6. The molecule has 82 valence electrons. The van der Waals surface area contributed by atoms with Gasteiger partial charge < -0.3 is 5.32 Å². The third kappa shape index (κ3) is 2.84. The first-order valence-corrected chi connectivity index (χ1v) is 5.15. The van der Waals surface area contributed by atoms with E-state index in [2.05, 4.69) is 15.5 Å². The van der Waals surface area contributed by atoms with Crippen molar-refractivity contribution in [2.75, 3.05) is 5.32 Å². The average Bonchev–Trinajstić information content (AvgIpc) is 2.74. The second-order valence-electron chi connectivity index (χ2n) is 3.34. The molecule has 1 aromatic heterocycles. The van der Waals surface area contributed by atoms with Crippen molar-refractivity contribution in [2.24, 2.45) is 0 Å². The summed E-state index contributed by atoms with van der Waals surface area (Å²) in [5, 5.41) is 9.75. The van der Waals surface area contributed by atoms with E-state index in [4.69, 9.17) is 11.6 Å². The van der Waals surface area contributed by atoms with E-state index in [-0.39, 0.29) is 5.91 Å². The normalized spacial score (nSPS) is 10.1. The van der Waals surface area contributed by atoms with Crippen molar-refractivity contribution in [1.29, 1.82) is 0 Å². The SMILES string of the molecule is O=C(Cc1ccc(Cl)cc1)Nc1cn[nH]c1. The number of benzene rings is 1. The quantitative estimate of drug-likeness (QED) is 0.857. The van der Waals surface area contributed by atoms with E-state index in [9.17, 15) is 4.79 Å². The summed E-state index contributed by atoms with van der Waals surface area (Å²) in [7, 11) is 0. The van der Waals surface area contributed by atoms with Crippen molar-refractivity contribution >= 4 is 23.2 Å². The van der Waals surface area contributed by atoms with Gasteiger partial charge in [-0.05, 0) is 17.7 Å². The van der Waals surface area contributed by atoms with Crippen LogP contribution in [0.2, 0.25) is 5.02 Å². The molecule has 0 saturated heterocycles. The minimum absolute atomic E-state index is 0.0799. The third-order valence-corrected chi connectivity index (χ3v) is 2.31. The van der Waals surface area contributed by atoms with E-state index < -0.39 is 0 Å². The summed E-state index contributed by atoms with van der Waals surface area (Å²) in [6.07, 6.45) is 3.50. The number of hydrogen-bond donors (Lipinski definition) is 2. The predicted molar refractivity (Wildman–Crippen MR) is 62.4 cm³/mol. The van der Waals surface area contributed by atoms with E-state index in [1.54, 1.807) is 24.5 Å². The molecule has 1 amide bonds. The van der Waals surface area contributed by atoms with Crippen molar-refractivity contribution in [2.45, 2.75) is 6.42 Å². The molecule has 0 bridgehead atoms. The minimum atomic E-state index is -0.0799.